The molecule has 0 spiro atoms. The van der Waals surface area contributed by atoms with E-state index in [1.165, 1.54) is 0 Å². The Morgan fingerprint density at radius 3 is 2.96 bits per heavy atom. The van der Waals surface area contributed by atoms with Gasteiger partial charge in [-0.2, -0.15) is 0 Å². The molecule has 3 aromatic rings. The first-order valence-corrected chi connectivity index (χ1v) is 8.14. The van der Waals surface area contributed by atoms with Crippen LogP contribution in [0, 0.1) is 5.92 Å². The van der Waals surface area contributed by atoms with Crippen molar-refractivity contribution in [1.82, 2.24) is 14.9 Å². The lowest BCUT2D eigenvalue weighted by Crippen LogP contribution is -2.29. The number of carbonyl (C=O) groups excluding carboxylic acids is 1. The Morgan fingerprint density at radius 1 is 1.25 bits per heavy atom. The third kappa shape index (κ3) is 2.57. The van der Waals surface area contributed by atoms with Crippen molar-refractivity contribution in [3.63, 3.8) is 0 Å². The molecular formula is C19H19N3O2. The molecule has 2 atom stereocenters. The van der Waals surface area contributed by atoms with Gasteiger partial charge in [0.05, 0.1) is 0 Å². The summed E-state index contributed by atoms with van der Waals surface area (Å²) in [6, 6.07) is 13.4. The highest BCUT2D eigenvalue weighted by Crippen LogP contribution is 2.32. The van der Waals surface area contributed by atoms with Gasteiger partial charge in [0.15, 0.2) is 0 Å². The summed E-state index contributed by atoms with van der Waals surface area (Å²) in [7, 11) is 0. The predicted octanol–water partition coefficient (Wildman–Crippen LogP) is 2.41. The first-order valence-electron chi connectivity index (χ1n) is 8.14. The second-order valence-corrected chi connectivity index (χ2v) is 6.29. The topological polar surface area (TPSA) is 69.2 Å². The van der Waals surface area contributed by atoms with Crippen molar-refractivity contribution in [2.75, 3.05) is 19.7 Å². The molecule has 0 saturated carbocycles. The Morgan fingerprint density at radius 2 is 2.17 bits per heavy atom. The fraction of sp³-hybridized carbons (Fsp3) is 0.263. The molecular weight excluding hydrogens is 302 g/mol. The van der Waals surface area contributed by atoms with Crippen LogP contribution < -0.4 is 0 Å². The van der Waals surface area contributed by atoms with Crippen LogP contribution in [0.2, 0.25) is 0 Å². The molecule has 0 aliphatic carbocycles. The number of pyridine rings is 1. The number of aliphatic hydroxyl groups excluding tert-OH is 1. The standard InChI is InChI=1S/C19H19N3O2/c23-12-15-10-22(11-16(15)18-3-1-2-7-20-18)19(24)14-4-5-17-13(9-14)6-8-21-17/h1-9,15-16,21,23H,10-12H2/t15-,16+/m0/s1. The number of nitrogens with zero attached hydrogens (tertiary/aromatic N) is 2. The van der Waals surface area contributed by atoms with E-state index in [0.29, 0.717) is 18.7 Å². The van der Waals surface area contributed by atoms with Crippen LogP contribution in [0.1, 0.15) is 22.0 Å². The van der Waals surface area contributed by atoms with Crippen LogP contribution in [0.15, 0.2) is 54.9 Å². The lowest BCUT2D eigenvalue weighted by atomic mass is 9.93. The maximum absolute atomic E-state index is 12.9. The number of likely N-dealkylation sites (tertiary alicyclic amines) is 1. The zero-order chi connectivity index (χ0) is 16.5. The Balaban J connectivity index is 1.59. The van der Waals surface area contributed by atoms with Gasteiger partial charge in [0.1, 0.15) is 0 Å². The van der Waals surface area contributed by atoms with E-state index in [0.717, 1.165) is 16.6 Å². The van der Waals surface area contributed by atoms with Crippen LogP contribution >= 0.6 is 0 Å². The summed E-state index contributed by atoms with van der Waals surface area (Å²) in [6.07, 6.45) is 3.63. The normalized spacial score (nSPS) is 20.6. The van der Waals surface area contributed by atoms with Gasteiger partial charge < -0.3 is 15.0 Å². The zero-order valence-electron chi connectivity index (χ0n) is 13.2. The number of aromatic amines is 1. The second-order valence-electron chi connectivity index (χ2n) is 6.29. The third-order valence-electron chi connectivity index (χ3n) is 4.83. The van der Waals surface area contributed by atoms with Crippen LogP contribution in [0.4, 0.5) is 0 Å². The van der Waals surface area contributed by atoms with Gasteiger partial charge in [-0.25, -0.2) is 0 Å². The molecule has 0 bridgehead atoms. The number of hydrogen-bond acceptors (Lipinski definition) is 3. The molecule has 3 heterocycles. The molecule has 24 heavy (non-hydrogen) atoms. The molecule has 1 amide bonds. The van der Waals surface area contributed by atoms with Crippen molar-refractivity contribution in [2.24, 2.45) is 5.92 Å². The van der Waals surface area contributed by atoms with Gasteiger partial charge in [-0.15, -0.1) is 0 Å². The Labute approximate surface area is 139 Å². The number of carbonyl (C=O) groups is 1. The quantitative estimate of drug-likeness (QED) is 0.778. The van der Waals surface area contributed by atoms with Crippen LogP contribution in [-0.2, 0) is 0 Å². The smallest absolute Gasteiger partial charge is 0.253 e. The summed E-state index contributed by atoms with van der Waals surface area (Å²) in [5, 5.41) is 10.7. The van der Waals surface area contributed by atoms with Crippen LogP contribution in [0.5, 0.6) is 0 Å². The van der Waals surface area contributed by atoms with Gasteiger partial charge in [-0.1, -0.05) is 6.07 Å². The summed E-state index contributed by atoms with van der Waals surface area (Å²) < 4.78 is 0. The molecule has 1 fully saturated rings. The molecule has 0 radical (unpaired) electrons. The number of H-pyrrole nitrogens is 1. The van der Waals surface area contributed by atoms with Gasteiger partial charge in [0.2, 0.25) is 0 Å². The summed E-state index contributed by atoms with van der Waals surface area (Å²) >= 11 is 0. The summed E-state index contributed by atoms with van der Waals surface area (Å²) in [5.41, 5.74) is 2.64. The first kappa shape index (κ1) is 14.9. The van der Waals surface area contributed by atoms with Crippen LogP contribution in [0.3, 0.4) is 0 Å². The minimum atomic E-state index is 0.00924. The van der Waals surface area contributed by atoms with E-state index in [4.69, 9.17) is 0 Å². The zero-order valence-corrected chi connectivity index (χ0v) is 13.2. The molecule has 5 nitrogen and oxygen atoms in total. The van der Waals surface area contributed by atoms with E-state index in [1.54, 1.807) is 6.20 Å². The minimum absolute atomic E-state index is 0.00924. The fourth-order valence-corrected chi connectivity index (χ4v) is 3.52. The van der Waals surface area contributed by atoms with Crippen molar-refractivity contribution in [1.29, 1.82) is 0 Å². The van der Waals surface area contributed by atoms with E-state index in [9.17, 15) is 9.90 Å². The summed E-state index contributed by atoms with van der Waals surface area (Å²) in [5.74, 6) is 0.117. The lowest BCUT2D eigenvalue weighted by molar-refractivity contribution is 0.0781. The highest BCUT2D eigenvalue weighted by molar-refractivity contribution is 5.98. The highest BCUT2D eigenvalue weighted by Gasteiger charge is 2.36. The monoisotopic (exact) mass is 321 g/mol. The molecule has 5 heteroatoms. The molecule has 2 aromatic heterocycles. The van der Waals surface area contributed by atoms with Crippen LogP contribution in [0.25, 0.3) is 10.9 Å². The van der Waals surface area contributed by atoms with E-state index < -0.39 is 0 Å². The molecule has 1 aromatic carbocycles. The number of aromatic nitrogens is 2. The molecule has 1 saturated heterocycles. The number of hydrogen-bond donors (Lipinski definition) is 2. The van der Waals surface area contributed by atoms with Gasteiger partial charge in [0.25, 0.3) is 5.91 Å². The van der Waals surface area contributed by atoms with Crippen LogP contribution in [-0.4, -0.2) is 45.6 Å². The largest absolute Gasteiger partial charge is 0.396 e. The number of amides is 1. The maximum Gasteiger partial charge on any atom is 0.253 e. The lowest BCUT2D eigenvalue weighted by Gasteiger charge is -2.16. The second kappa shape index (κ2) is 6.09. The van der Waals surface area contributed by atoms with Gasteiger partial charge in [0, 0.05) is 66.1 Å². The average Bonchev–Trinajstić information content (AvgIpc) is 3.27. The van der Waals surface area contributed by atoms with E-state index in [2.05, 4.69) is 9.97 Å². The first-order chi connectivity index (χ1) is 11.8. The maximum atomic E-state index is 12.9. The SMILES string of the molecule is O=C(c1ccc2[nH]ccc2c1)N1C[C@@H](CO)[C@H](c2ccccn2)C1. The van der Waals surface area contributed by atoms with Crippen molar-refractivity contribution in [3.05, 3.63) is 66.1 Å². The third-order valence-corrected chi connectivity index (χ3v) is 4.83. The van der Waals surface area contributed by atoms with E-state index in [-0.39, 0.29) is 24.3 Å². The number of fused-ring (bicyclic) bond motifs is 1. The molecule has 4 rings (SSSR count). The molecule has 0 unspecified atom stereocenters. The molecule has 1 aliphatic heterocycles. The molecule has 122 valence electrons. The number of benzene rings is 1. The Bertz CT molecular complexity index is 859. The summed E-state index contributed by atoms with van der Waals surface area (Å²) in [6.45, 7) is 1.20. The van der Waals surface area contributed by atoms with E-state index >= 15 is 0 Å². The van der Waals surface area contributed by atoms with Gasteiger partial charge in [-0.05, 0) is 36.4 Å². The predicted molar refractivity (Wildman–Crippen MR) is 91.8 cm³/mol. The van der Waals surface area contributed by atoms with Crippen molar-refractivity contribution >= 4 is 16.8 Å². The fourth-order valence-electron chi connectivity index (χ4n) is 3.52. The molecule has 1 aliphatic rings. The minimum Gasteiger partial charge on any atom is -0.396 e. The number of aliphatic hydroxyl groups is 1. The van der Waals surface area contributed by atoms with Crippen molar-refractivity contribution < 1.29 is 9.90 Å². The van der Waals surface area contributed by atoms with E-state index in [1.807, 2.05) is 53.6 Å². The number of rotatable bonds is 3. The average molecular weight is 321 g/mol. The van der Waals surface area contributed by atoms with Crippen molar-refractivity contribution in [2.45, 2.75) is 5.92 Å². The van der Waals surface area contributed by atoms with Gasteiger partial charge in [-0.3, -0.25) is 9.78 Å². The Hall–Kier alpha value is -2.66. The Kier molecular flexibility index (Phi) is 3.78. The van der Waals surface area contributed by atoms with Crippen molar-refractivity contribution in [3.8, 4) is 0 Å². The molecule has 2 N–H and O–H groups in total. The summed E-state index contributed by atoms with van der Waals surface area (Å²) in [4.78, 5) is 22.2. The highest BCUT2D eigenvalue weighted by atomic mass is 16.3. The van der Waals surface area contributed by atoms with Gasteiger partial charge >= 0.3 is 0 Å². The number of nitrogens with one attached hydrogen (secondary N) is 1.